The number of aromatic nitrogens is 2. The van der Waals surface area contributed by atoms with Crippen LogP contribution in [-0.2, 0) is 13.1 Å². The number of benzene rings is 3. The fraction of sp³-hybridized carbons (Fsp3) is 0.160. The van der Waals surface area contributed by atoms with Crippen molar-refractivity contribution >= 4 is 16.8 Å². The van der Waals surface area contributed by atoms with E-state index >= 15 is 0 Å². The number of methoxy groups -OCH3 is 1. The highest BCUT2D eigenvalue weighted by atomic mass is 16.7. The van der Waals surface area contributed by atoms with Crippen molar-refractivity contribution in [3.05, 3.63) is 94.0 Å². The van der Waals surface area contributed by atoms with Crippen LogP contribution in [0.2, 0.25) is 0 Å². The topological polar surface area (TPSA) is 93.8 Å². The molecule has 0 spiro atoms. The summed E-state index contributed by atoms with van der Waals surface area (Å²) in [6.07, 6.45) is 0. The van der Waals surface area contributed by atoms with Gasteiger partial charge in [0, 0.05) is 12.1 Å². The number of nitrogens with one attached hydrogen (secondary N) is 1. The predicted molar refractivity (Wildman–Crippen MR) is 122 cm³/mol. The number of carbonyl (C=O) groups excluding carboxylic acids is 1. The van der Waals surface area contributed by atoms with E-state index in [0.717, 1.165) is 5.56 Å². The van der Waals surface area contributed by atoms with Gasteiger partial charge in [-0.15, -0.1) is 0 Å². The number of rotatable bonds is 6. The van der Waals surface area contributed by atoms with E-state index in [-0.39, 0.29) is 31.3 Å². The first-order valence-electron chi connectivity index (χ1n) is 10.4. The molecule has 1 aromatic heterocycles. The van der Waals surface area contributed by atoms with Crippen LogP contribution in [0.5, 0.6) is 17.2 Å². The Morgan fingerprint density at radius 2 is 1.82 bits per heavy atom. The Labute approximate surface area is 189 Å². The summed E-state index contributed by atoms with van der Waals surface area (Å²) in [7, 11) is 1.57. The van der Waals surface area contributed by atoms with Crippen molar-refractivity contribution in [3.8, 4) is 17.2 Å². The number of hydrogen-bond acceptors (Lipinski definition) is 6. The molecule has 0 radical (unpaired) electrons. The van der Waals surface area contributed by atoms with E-state index < -0.39 is 0 Å². The molecule has 0 saturated heterocycles. The largest absolute Gasteiger partial charge is 0.497 e. The molecule has 166 valence electrons. The molecular formula is C25H21N3O5. The van der Waals surface area contributed by atoms with E-state index in [2.05, 4.69) is 9.97 Å². The van der Waals surface area contributed by atoms with Gasteiger partial charge in [0.2, 0.25) is 6.79 Å². The van der Waals surface area contributed by atoms with Crippen molar-refractivity contribution in [3.63, 3.8) is 0 Å². The summed E-state index contributed by atoms with van der Waals surface area (Å²) in [5.41, 5.74) is 1.70. The summed E-state index contributed by atoms with van der Waals surface area (Å²) < 4.78 is 16.1. The Hall–Kier alpha value is -4.33. The second kappa shape index (κ2) is 8.66. The van der Waals surface area contributed by atoms with Gasteiger partial charge in [-0.05, 0) is 54.1 Å². The zero-order valence-corrected chi connectivity index (χ0v) is 17.9. The van der Waals surface area contributed by atoms with Crippen molar-refractivity contribution in [1.82, 2.24) is 14.9 Å². The van der Waals surface area contributed by atoms with Crippen molar-refractivity contribution in [2.45, 2.75) is 13.1 Å². The summed E-state index contributed by atoms with van der Waals surface area (Å²) in [5, 5.41) is 0.505. The van der Waals surface area contributed by atoms with Crippen LogP contribution in [0.1, 0.15) is 21.7 Å². The number of nitrogens with zero attached hydrogens (tertiary/aromatic N) is 2. The van der Waals surface area contributed by atoms with E-state index in [1.54, 1.807) is 54.5 Å². The van der Waals surface area contributed by atoms with Gasteiger partial charge in [0.1, 0.15) is 11.6 Å². The molecule has 1 aliphatic heterocycles. The molecule has 0 atom stereocenters. The number of hydrogen-bond donors (Lipinski definition) is 1. The second-order valence-electron chi connectivity index (χ2n) is 7.61. The first kappa shape index (κ1) is 20.6. The van der Waals surface area contributed by atoms with Crippen LogP contribution >= 0.6 is 0 Å². The number of carbonyl (C=O) groups is 1. The van der Waals surface area contributed by atoms with Gasteiger partial charge in [-0.2, -0.15) is 0 Å². The molecule has 0 aliphatic carbocycles. The van der Waals surface area contributed by atoms with Crippen LogP contribution in [0.3, 0.4) is 0 Å². The average molecular weight is 443 g/mol. The normalized spacial score (nSPS) is 12.0. The Bertz CT molecular complexity index is 1380. The van der Waals surface area contributed by atoms with Crippen molar-refractivity contribution < 1.29 is 19.0 Å². The predicted octanol–water partition coefficient (Wildman–Crippen LogP) is 3.50. The fourth-order valence-electron chi connectivity index (χ4n) is 3.77. The lowest BCUT2D eigenvalue weighted by molar-refractivity contribution is 0.0725. The summed E-state index contributed by atoms with van der Waals surface area (Å²) >= 11 is 0. The number of H-pyrrole nitrogens is 1. The molecule has 0 fully saturated rings. The lowest BCUT2D eigenvalue weighted by Gasteiger charge is -2.23. The molecule has 1 aliphatic rings. The van der Waals surface area contributed by atoms with Crippen molar-refractivity contribution in [2.24, 2.45) is 0 Å². The third kappa shape index (κ3) is 4.23. The van der Waals surface area contributed by atoms with Gasteiger partial charge in [-0.3, -0.25) is 9.59 Å². The van der Waals surface area contributed by atoms with E-state index in [1.807, 2.05) is 24.3 Å². The minimum absolute atomic E-state index is 0.124. The summed E-state index contributed by atoms with van der Waals surface area (Å²) in [4.78, 5) is 35.0. The van der Waals surface area contributed by atoms with Crippen LogP contribution in [-0.4, -0.2) is 34.7 Å². The van der Waals surface area contributed by atoms with Gasteiger partial charge in [0.05, 0.1) is 24.6 Å². The minimum atomic E-state index is -0.240. The molecular weight excluding hydrogens is 422 g/mol. The van der Waals surface area contributed by atoms with Gasteiger partial charge in [-0.25, -0.2) is 4.98 Å². The van der Waals surface area contributed by atoms with E-state index in [4.69, 9.17) is 14.2 Å². The Balaban J connectivity index is 1.48. The van der Waals surface area contributed by atoms with Crippen molar-refractivity contribution in [2.75, 3.05) is 13.9 Å². The van der Waals surface area contributed by atoms with Crippen LogP contribution in [0, 0.1) is 0 Å². The summed E-state index contributed by atoms with van der Waals surface area (Å²) in [6.45, 7) is 0.590. The highest BCUT2D eigenvalue weighted by molar-refractivity contribution is 5.94. The maximum Gasteiger partial charge on any atom is 0.258 e. The van der Waals surface area contributed by atoms with E-state index in [1.165, 1.54) is 0 Å². The lowest BCUT2D eigenvalue weighted by Crippen LogP contribution is -2.31. The number of ether oxygens (including phenoxy) is 3. The molecule has 4 aromatic rings. The molecule has 3 aromatic carbocycles. The molecule has 8 nitrogen and oxygen atoms in total. The number of aromatic amines is 1. The van der Waals surface area contributed by atoms with E-state index in [9.17, 15) is 9.59 Å². The monoisotopic (exact) mass is 443 g/mol. The van der Waals surface area contributed by atoms with Crippen LogP contribution < -0.4 is 19.8 Å². The second-order valence-corrected chi connectivity index (χ2v) is 7.61. The number of fused-ring (bicyclic) bond motifs is 2. The highest BCUT2D eigenvalue weighted by Gasteiger charge is 2.20. The number of amides is 1. The third-order valence-corrected chi connectivity index (χ3v) is 5.44. The van der Waals surface area contributed by atoms with Crippen molar-refractivity contribution in [1.29, 1.82) is 0 Å². The maximum atomic E-state index is 13.4. The molecule has 5 rings (SSSR count). The smallest absolute Gasteiger partial charge is 0.258 e. The Kier molecular flexibility index (Phi) is 5.40. The minimum Gasteiger partial charge on any atom is -0.497 e. The van der Waals surface area contributed by atoms with Gasteiger partial charge >= 0.3 is 0 Å². The maximum absolute atomic E-state index is 13.4. The standard InChI is InChI=1S/C25H21N3O5/c1-31-18-9-7-17(8-10-18)25(30)28(13-16-6-11-21-22(12-16)33-15-32-21)14-23-26-20-5-3-2-4-19(20)24(29)27-23/h2-12H,13-15H2,1H3,(H,26,27,29). The van der Waals surface area contributed by atoms with Crippen LogP contribution in [0.15, 0.2) is 71.5 Å². The first-order chi connectivity index (χ1) is 16.1. The molecule has 1 amide bonds. The zero-order valence-electron chi connectivity index (χ0n) is 17.9. The summed E-state index contributed by atoms with van der Waals surface area (Å²) in [6, 6.07) is 19.6. The van der Waals surface area contributed by atoms with Crippen LogP contribution in [0.4, 0.5) is 0 Å². The van der Waals surface area contributed by atoms with Gasteiger partial charge in [-0.1, -0.05) is 18.2 Å². The lowest BCUT2D eigenvalue weighted by atomic mass is 10.1. The van der Waals surface area contributed by atoms with E-state index in [0.29, 0.717) is 39.5 Å². The molecule has 0 saturated carbocycles. The molecule has 33 heavy (non-hydrogen) atoms. The summed E-state index contributed by atoms with van der Waals surface area (Å²) in [5.74, 6) is 2.18. The Morgan fingerprint density at radius 3 is 2.64 bits per heavy atom. The number of para-hydroxylation sites is 1. The molecule has 1 N–H and O–H groups in total. The van der Waals surface area contributed by atoms with Crippen LogP contribution in [0.25, 0.3) is 10.9 Å². The zero-order chi connectivity index (χ0) is 22.8. The Morgan fingerprint density at radius 1 is 1.03 bits per heavy atom. The fourth-order valence-corrected chi connectivity index (χ4v) is 3.77. The molecule has 0 unspecified atom stereocenters. The van der Waals surface area contributed by atoms with Gasteiger partial charge in [0.25, 0.3) is 11.5 Å². The average Bonchev–Trinajstić information content (AvgIpc) is 3.31. The first-order valence-corrected chi connectivity index (χ1v) is 10.4. The molecule has 8 heteroatoms. The van der Waals surface area contributed by atoms with Gasteiger partial charge < -0.3 is 24.1 Å². The molecule has 0 bridgehead atoms. The van der Waals surface area contributed by atoms with Gasteiger partial charge in [0.15, 0.2) is 11.5 Å². The third-order valence-electron chi connectivity index (χ3n) is 5.44. The highest BCUT2D eigenvalue weighted by Crippen LogP contribution is 2.33. The SMILES string of the molecule is COc1ccc(C(=O)N(Cc2ccc3c(c2)OCO3)Cc2nc3ccccc3c(=O)[nH]2)cc1. The quantitative estimate of drug-likeness (QED) is 0.490. The molecule has 2 heterocycles.